The van der Waals surface area contributed by atoms with E-state index in [-0.39, 0.29) is 5.91 Å². The number of aromatic nitrogens is 1. The molecule has 1 unspecified atom stereocenters. The molecule has 0 fully saturated rings. The molecule has 1 aromatic carbocycles. The number of amides is 1. The highest BCUT2D eigenvalue weighted by Crippen LogP contribution is 2.34. The second kappa shape index (κ2) is 4.55. The molecule has 5 nitrogen and oxygen atoms in total. The van der Waals surface area contributed by atoms with Crippen LogP contribution in [-0.2, 0) is 4.79 Å². The average molecular weight is 320 g/mol. The van der Waals surface area contributed by atoms with Crippen molar-refractivity contribution in [1.82, 2.24) is 4.98 Å². The van der Waals surface area contributed by atoms with Gasteiger partial charge in [-0.05, 0) is 40.2 Å². The van der Waals surface area contributed by atoms with Crippen molar-refractivity contribution in [2.45, 2.75) is 6.10 Å². The monoisotopic (exact) mass is 319 g/mol. The number of pyridine rings is 1. The lowest BCUT2D eigenvalue weighted by molar-refractivity contribution is -0.123. The number of ether oxygens (including phenoxy) is 1. The van der Waals surface area contributed by atoms with Crippen molar-refractivity contribution in [1.29, 1.82) is 0 Å². The van der Waals surface area contributed by atoms with Crippen molar-refractivity contribution in [2.75, 3.05) is 11.1 Å². The zero-order valence-corrected chi connectivity index (χ0v) is 11.3. The van der Waals surface area contributed by atoms with Crippen LogP contribution < -0.4 is 15.8 Å². The Morgan fingerprint density at radius 2 is 2.16 bits per heavy atom. The minimum atomic E-state index is -0.709. The van der Waals surface area contributed by atoms with Crippen molar-refractivity contribution < 1.29 is 9.53 Å². The van der Waals surface area contributed by atoms with Crippen molar-refractivity contribution in [3.63, 3.8) is 0 Å². The Morgan fingerprint density at radius 3 is 2.95 bits per heavy atom. The van der Waals surface area contributed by atoms with Crippen LogP contribution in [0.2, 0.25) is 0 Å². The smallest absolute Gasteiger partial charge is 0.271 e. The van der Waals surface area contributed by atoms with Gasteiger partial charge in [0.15, 0.2) is 11.6 Å². The maximum absolute atomic E-state index is 12.0. The third-order valence-corrected chi connectivity index (χ3v) is 3.20. The van der Waals surface area contributed by atoms with E-state index in [9.17, 15) is 4.79 Å². The van der Waals surface area contributed by atoms with E-state index in [1.165, 1.54) is 0 Å². The first-order valence-corrected chi connectivity index (χ1v) is 6.42. The predicted molar refractivity (Wildman–Crippen MR) is 74.8 cm³/mol. The van der Waals surface area contributed by atoms with E-state index in [4.69, 9.17) is 10.5 Å². The predicted octanol–water partition coefficient (Wildman–Crippen LogP) is 2.50. The van der Waals surface area contributed by atoms with Gasteiger partial charge in [-0.2, -0.15) is 0 Å². The first-order chi connectivity index (χ1) is 9.13. The van der Waals surface area contributed by atoms with Gasteiger partial charge in [-0.15, -0.1) is 0 Å². The Balaban J connectivity index is 1.98. The summed E-state index contributed by atoms with van der Waals surface area (Å²) in [5, 5.41) is 2.72. The summed E-state index contributed by atoms with van der Waals surface area (Å²) in [4.78, 5) is 16.2. The first-order valence-electron chi connectivity index (χ1n) is 5.63. The Bertz CT molecular complexity index is 660. The van der Waals surface area contributed by atoms with Gasteiger partial charge in [-0.25, -0.2) is 4.98 Å². The summed E-state index contributed by atoms with van der Waals surface area (Å²) in [6, 6.07) is 10.6. The fourth-order valence-electron chi connectivity index (χ4n) is 1.91. The molecule has 0 saturated heterocycles. The van der Waals surface area contributed by atoms with Gasteiger partial charge in [0.2, 0.25) is 6.10 Å². The lowest BCUT2D eigenvalue weighted by atomic mass is 10.1. The number of carbonyl (C=O) groups is 1. The highest BCUT2D eigenvalue weighted by molar-refractivity contribution is 9.10. The SMILES string of the molecule is Nc1cccc(C2Oc3ccc(Br)nc3NC2=O)c1. The number of hydrogen-bond donors (Lipinski definition) is 2. The molecule has 2 aromatic rings. The minimum Gasteiger partial charge on any atom is -0.472 e. The molecule has 3 rings (SSSR count). The number of nitrogens with one attached hydrogen (secondary N) is 1. The summed E-state index contributed by atoms with van der Waals surface area (Å²) < 4.78 is 6.33. The van der Waals surface area contributed by atoms with E-state index in [0.717, 1.165) is 0 Å². The van der Waals surface area contributed by atoms with E-state index >= 15 is 0 Å². The third-order valence-electron chi connectivity index (χ3n) is 2.76. The number of nitrogen functional groups attached to an aromatic ring is 1. The second-order valence-corrected chi connectivity index (χ2v) is 4.95. The van der Waals surface area contributed by atoms with Gasteiger partial charge in [0.05, 0.1) is 0 Å². The van der Waals surface area contributed by atoms with Crippen molar-refractivity contribution in [3.8, 4) is 5.75 Å². The van der Waals surface area contributed by atoms with Crippen LogP contribution in [0.3, 0.4) is 0 Å². The molecule has 1 aliphatic heterocycles. The topological polar surface area (TPSA) is 77.2 Å². The number of anilines is 2. The Labute approximate surface area is 117 Å². The summed E-state index contributed by atoms with van der Waals surface area (Å²) in [7, 11) is 0. The van der Waals surface area contributed by atoms with Crippen molar-refractivity contribution >= 4 is 33.3 Å². The molecule has 0 radical (unpaired) electrons. The number of fused-ring (bicyclic) bond motifs is 1. The minimum absolute atomic E-state index is 0.260. The molecule has 0 saturated carbocycles. The molecule has 1 amide bonds. The maximum Gasteiger partial charge on any atom is 0.271 e. The normalized spacial score (nSPS) is 17.3. The molecule has 1 atom stereocenters. The Kier molecular flexibility index (Phi) is 2.87. The molecular formula is C13H10BrN3O2. The molecule has 0 spiro atoms. The lowest BCUT2D eigenvalue weighted by Gasteiger charge is -2.25. The quantitative estimate of drug-likeness (QED) is 0.625. The van der Waals surface area contributed by atoms with Gasteiger partial charge in [-0.1, -0.05) is 12.1 Å². The van der Waals surface area contributed by atoms with Gasteiger partial charge < -0.3 is 15.8 Å². The second-order valence-electron chi connectivity index (χ2n) is 4.14. The summed E-state index contributed by atoms with van der Waals surface area (Å²) >= 11 is 3.25. The highest BCUT2D eigenvalue weighted by Gasteiger charge is 2.30. The average Bonchev–Trinajstić information content (AvgIpc) is 2.37. The molecule has 1 aliphatic rings. The van der Waals surface area contributed by atoms with Crippen LogP contribution in [0.4, 0.5) is 11.5 Å². The standard InChI is InChI=1S/C13H10BrN3O2/c14-10-5-4-9-12(16-10)17-13(18)11(19-9)7-2-1-3-8(15)6-7/h1-6,11H,15H2,(H,16,17,18). The van der Waals surface area contributed by atoms with Crippen molar-refractivity contribution in [2.24, 2.45) is 0 Å². The molecule has 1 aromatic heterocycles. The fraction of sp³-hybridized carbons (Fsp3) is 0.0769. The third kappa shape index (κ3) is 2.26. The number of halogens is 1. The molecule has 2 heterocycles. The Morgan fingerprint density at radius 1 is 1.32 bits per heavy atom. The lowest BCUT2D eigenvalue weighted by Crippen LogP contribution is -2.30. The number of hydrogen-bond acceptors (Lipinski definition) is 4. The zero-order valence-electron chi connectivity index (χ0n) is 9.76. The summed E-state index contributed by atoms with van der Waals surface area (Å²) in [6.07, 6.45) is -0.709. The van der Waals surface area contributed by atoms with Crippen LogP contribution in [0.15, 0.2) is 41.0 Å². The highest BCUT2D eigenvalue weighted by atomic mass is 79.9. The van der Waals surface area contributed by atoms with Crippen LogP contribution in [0, 0.1) is 0 Å². The van der Waals surface area contributed by atoms with E-state index in [2.05, 4.69) is 26.2 Å². The summed E-state index contributed by atoms with van der Waals surface area (Å²) in [6.45, 7) is 0. The summed E-state index contributed by atoms with van der Waals surface area (Å²) in [5.41, 5.74) is 7.02. The van der Waals surface area contributed by atoms with E-state index in [1.54, 1.807) is 36.4 Å². The van der Waals surface area contributed by atoms with Crippen LogP contribution >= 0.6 is 15.9 Å². The number of nitrogens with two attached hydrogens (primary N) is 1. The van der Waals surface area contributed by atoms with Gasteiger partial charge in [0.25, 0.3) is 5.91 Å². The molecule has 3 N–H and O–H groups in total. The molecule has 6 heteroatoms. The fourth-order valence-corrected chi connectivity index (χ4v) is 2.22. The number of benzene rings is 1. The maximum atomic E-state index is 12.0. The van der Waals surface area contributed by atoms with Crippen LogP contribution in [0.5, 0.6) is 5.75 Å². The van der Waals surface area contributed by atoms with Crippen LogP contribution in [0.1, 0.15) is 11.7 Å². The van der Waals surface area contributed by atoms with Gasteiger partial charge in [0.1, 0.15) is 4.60 Å². The first kappa shape index (κ1) is 12.0. The van der Waals surface area contributed by atoms with Crippen LogP contribution in [0.25, 0.3) is 0 Å². The van der Waals surface area contributed by atoms with Gasteiger partial charge in [-0.3, -0.25) is 4.79 Å². The molecule has 0 bridgehead atoms. The largest absolute Gasteiger partial charge is 0.472 e. The molecule has 19 heavy (non-hydrogen) atoms. The van der Waals surface area contributed by atoms with E-state index in [0.29, 0.717) is 27.4 Å². The Hall–Kier alpha value is -2.08. The summed E-state index contributed by atoms with van der Waals surface area (Å²) in [5.74, 6) is 0.693. The zero-order chi connectivity index (χ0) is 13.4. The molecule has 0 aliphatic carbocycles. The number of nitrogens with zero attached hydrogens (tertiary/aromatic N) is 1. The van der Waals surface area contributed by atoms with Gasteiger partial charge in [0, 0.05) is 11.3 Å². The van der Waals surface area contributed by atoms with Gasteiger partial charge >= 0.3 is 0 Å². The van der Waals surface area contributed by atoms with Crippen LogP contribution in [-0.4, -0.2) is 10.9 Å². The number of rotatable bonds is 1. The number of carbonyl (C=O) groups excluding carboxylic acids is 1. The molecule has 96 valence electrons. The molecular weight excluding hydrogens is 310 g/mol. The van der Waals surface area contributed by atoms with Crippen molar-refractivity contribution in [3.05, 3.63) is 46.6 Å². The van der Waals surface area contributed by atoms with E-state index in [1.807, 2.05) is 0 Å². The van der Waals surface area contributed by atoms with E-state index < -0.39 is 6.10 Å².